The zero-order valence-electron chi connectivity index (χ0n) is 22.6. The normalized spacial score (nSPS) is 19.3. The number of imidazole rings is 1. The minimum absolute atomic E-state index is 0.192. The maximum absolute atomic E-state index is 15.3. The number of ether oxygens (including phenoxy) is 2. The number of fused-ring (bicyclic) bond motifs is 2. The topological polar surface area (TPSA) is 105 Å². The van der Waals surface area contributed by atoms with Gasteiger partial charge in [-0.05, 0) is 38.0 Å². The first-order chi connectivity index (χ1) is 19.6. The van der Waals surface area contributed by atoms with Crippen molar-refractivity contribution in [1.82, 2.24) is 34.3 Å². The van der Waals surface area contributed by atoms with Crippen LogP contribution in [-0.4, -0.2) is 99.0 Å². The highest BCUT2D eigenvalue weighted by Gasteiger charge is 2.33. The zero-order valence-corrected chi connectivity index (χ0v) is 22.6. The number of nitrogens with zero attached hydrogens (tertiary/aromatic N) is 7. The van der Waals surface area contributed by atoms with Gasteiger partial charge in [0.1, 0.15) is 18.2 Å². The minimum atomic E-state index is -0.355. The number of likely N-dealkylation sites (tertiary alicyclic amines) is 1. The van der Waals surface area contributed by atoms with Crippen LogP contribution in [0.15, 0.2) is 24.4 Å². The number of benzene rings is 1. The molecule has 12 heteroatoms. The molecule has 0 atom stereocenters. The van der Waals surface area contributed by atoms with Crippen LogP contribution in [0.2, 0.25) is 0 Å². The Balaban J connectivity index is 1.26. The maximum atomic E-state index is 15.3. The molecular formula is C28H33FN8O3. The third-order valence-electron chi connectivity index (χ3n) is 8.34. The molecule has 0 unspecified atom stereocenters. The summed E-state index contributed by atoms with van der Waals surface area (Å²) in [5.74, 6) is 1.64. The van der Waals surface area contributed by atoms with Crippen molar-refractivity contribution in [2.45, 2.75) is 38.9 Å². The number of piperidine rings is 1. The number of aromatic amines is 1. The van der Waals surface area contributed by atoms with Gasteiger partial charge in [0.05, 0.1) is 31.9 Å². The highest BCUT2D eigenvalue weighted by Crippen LogP contribution is 2.34. The van der Waals surface area contributed by atoms with Gasteiger partial charge in [0.15, 0.2) is 22.8 Å². The molecule has 40 heavy (non-hydrogen) atoms. The quantitative estimate of drug-likeness (QED) is 0.391. The fraction of sp³-hybridized carbons (Fsp3) is 0.500. The van der Waals surface area contributed by atoms with E-state index in [1.54, 1.807) is 12.3 Å². The fourth-order valence-electron chi connectivity index (χ4n) is 6.25. The molecule has 1 N–H and O–H groups in total. The number of morpholine rings is 1. The van der Waals surface area contributed by atoms with Crippen LogP contribution >= 0.6 is 0 Å². The number of cyclic esters (lactones) is 1. The van der Waals surface area contributed by atoms with Crippen LogP contribution in [0.25, 0.3) is 33.5 Å². The lowest BCUT2D eigenvalue weighted by Crippen LogP contribution is -2.45. The zero-order chi connectivity index (χ0) is 27.2. The number of carbonyl (C=O) groups excluding carboxylic acids is 1. The van der Waals surface area contributed by atoms with Gasteiger partial charge in [-0.2, -0.15) is 0 Å². The number of nitrogens with one attached hydrogen (secondary N) is 1. The highest BCUT2D eigenvalue weighted by molar-refractivity contribution is 5.95. The average Bonchev–Trinajstić information content (AvgIpc) is 3.71. The van der Waals surface area contributed by atoms with E-state index >= 15 is 4.39 Å². The van der Waals surface area contributed by atoms with Crippen molar-refractivity contribution in [3.05, 3.63) is 36.0 Å². The second kappa shape index (κ2) is 10.3. The molecule has 3 fully saturated rings. The van der Waals surface area contributed by atoms with Crippen molar-refractivity contribution >= 4 is 34.0 Å². The van der Waals surface area contributed by atoms with E-state index in [0.29, 0.717) is 69.6 Å². The van der Waals surface area contributed by atoms with Crippen LogP contribution in [0.3, 0.4) is 0 Å². The maximum Gasteiger partial charge on any atom is 0.410 e. The molecule has 3 aliphatic heterocycles. The molecule has 1 amide bonds. The average molecular weight is 549 g/mol. The van der Waals surface area contributed by atoms with Crippen LogP contribution in [0.1, 0.15) is 25.6 Å². The molecule has 6 heterocycles. The van der Waals surface area contributed by atoms with Crippen molar-refractivity contribution in [2.75, 3.05) is 57.4 Å². The van der Waals surface area contributed by atoms with E-state index in [9.17, 15) is 4.79 Å². The number of aryl methyl sites for hydroxylation is 1. The molecule has 0 saturated carbocycles. The summed E-state index contributed by atoms with van der Waals surface area (Å²) in [7, 11) is 0. The lowest BCUT2D eigenvalue weighted by Gasteiger charge is -2.35. The van der Waals surface area contributed by atoms with Gasteiger partial charge in [0.2, 0.25) is 0 Å². The van der Waals surface area contributed by atoms with Gasteiger partial charge in [-0.15, -0.1) is 0 Å². The first kappa shape index (κ1) is 25.2. The monoisotopic (exact) mass is 548 g/mol. The van der Waals surface area contributed by atoms with Crippen LogP contribution in [0.5, 0.6) is 0 Å². The Morgan fingerprint density at radius 2 is 1.85 bits per heavy atom. The Morgan fingerprint density at radius 3 is 2.60 bits per heavy atom. The minimum Gasteiger partial charge on any atom is -0.448 e. The predicted octanol–water partition coefficient (Wildman–Crippen LogP) is 3.39. The number of amides is 1. The molecule has 210 valence electrons. The number of halogens is 1. The molecule has 0 radical (unpaired) electrons. The third kappa shape index (κ3) is 4.35. The molecular weight excluding hydrogens is 515 g/mol. The largest absolute Gasteiger partial charge is 0.448 e. The van der Waals surface area contributed by atoms with E-state index in [0.717, 1.165) is 54.0 Å². The number of carbonyl (C=O) groups is 1. The van der Waals surface area contributed by atoms with E-state index in [4.69, 9.17) is 24.4 Å². The Morgan fingerprint density at radius 1 is 1.02 bits per heavy atom. The molecule has 7 rings (SSSR count). The van der Waals surface area contributed by atoms with Crippen molar-refractivity contribution in [2.24, 2.45) is 0 Å². The molecule has 11 nitrogen and oxygen atoms in total. The second-order valence-corrected chi connectivity index (χ2v) is 10.6. The van der Waals surface area contributed by atoms with Gasteiger partial charge >= 0.3 is 6.09 Å². The van der Waals surface area contributed by atoms with Gasteiger partial charge in [-0.25, -0.2) is 24.1 Å². The Hall–Kier alpha value is -3.77. The Labute approximate surface area is 230 Å². The molecule has 0 bridgehead atoms. The van der Waals surface area contributed by atoms with Gasteiger partial charge in [0.25, 0.3) is 0 Å². The van der Waals surface area contributed by atoms with E-state index in [1.807, 2.05) is 11.0 Å². The molecule has 3 saturated heterocycles. The fourth-order valence-corrected chi connectivity index (χ4v) is 6.25. The van der Waals surface area contributed by atoms with E-state index in [-0.39, 0.29) is 18.0 Å². The summed E-state index contributed by atoms with van der Waals surface area (Å²) >= 11 is 0. The van der Waals surface area contributed by atoms with E-state index in [2.05, 4.69) is 26.3 Å². The molecule has 3 aliphatic rings. The van der Waals surface area contributed by atoms with Crippen LogP contribution in [0, 0.1) is 5.82 Å². The molecule has 0 spiro atoms. The van der Waals surface area contributed by atoms with Crippen LogP contribution in [0.4, 0.5) is 15.0 Å². The molecule has 0 aliphatic carbocycles. The van der Waals surface area contributed by atoms with Crippen molar-refractivity contribution in [3.8, 4) is 11.4 Å². The Kier molecular flexibility index (Phi) is 6.51. The number of anilines is 1. The smallest absolute Gasteiger partial charge is 0.410 e. The molecule has 3 aromatic heterocycles. The van der Waals surface area contributed by atoms with Gasteiger partial charge in [0, 0.05) is 55.9 Å². The first-order valence-corrected chi connectivity index (χ1v) is 14.1. The van der Waals surface area contributed by atoms with Crippen molar-refractivity contribution in [3.63, 3.8) is 0 Å². The van der Waals surface area contributed by atoms with E-state index < -0.39 is 0 Å². The summed E-state index contributed by atoms with van der Waals surface area (Å²) in [5, 5.41) is 0.750. The van der Waals surface area contributed by atoms with Gasteiger partial charge in [-0.3, -0.25) is 4.90 Å². The number of rotatable bonds is 6. The summed E-state index contributed by atoms with van der Waals surface area (Å²) in [6.07, 6.45) is 3.43. The van der Waals surface area contributed by atoms with Gasteiger partial charge in [-0.1, -0.05) is 0 Å². The molecule has 1 aromatic carbocycles. The Bertz CT molecular complexity index is 1550. The van der Waals surface area contributed by atoms with Gasteiger partial charge < -0.3 is 28.8 Å². The highest BCUT2D eigenvalue weighted by atomic mass is 19.1. The number of hydrogen-bond acceptors (Lipinski definition) is 8. The summed E-state index contributed by atoms with van der Waals surface area (Å²) in [5.41, 5.74) is 2.68. The summed E-state index contributed by atoms with van der Waals surface area (Å²) in [4.78, 5) is 36.6. The molecule has 4 aromatic rings. The summed E-state index contributed by atoms with van der Waals surface area (Å²) < 4.78 is 28.2. The lowest BCUT2D eigenvalue weighted by atomic mass is 10.0. The summed E-state index contributed by atoms with van der Waals surface area (Å²) in [6.45, 7) is 8.90. The van der Waals surface area contributed by atoms with Crippen LogP contribution in [-0.2, 0) is 22.6 Å². The summed E-state index contributed by atoms with van der Waals surface area (Å²) in [6, 6.07) is 5.29. The number of hydrogen-bond donors (Lipinski definition) is 1. The second-order valence-electron chi connectivity index (χ2n) is 10.6. The third-order valence-corrected chi connectivity index (χ3v) is 8.34. The predicted molar refractivity (Wildman–Crippen MR) is 148 cm³/mol. The SMILES string of the molecule is CCn1c(CN2CCC(N3CCOC3=O)CC2)nc2c(N3CCOCC3)nc(-c3c(F)ccc4[nH]ccc34)nc21. The number of H-pyrrole nitrogens is 1. The lowest BCUT2D eigenvalue weighted by molar-refractivity contribution is 0.114. The van der Waals surface area contributed by atoms with Crippen molar-refractivity contribution < 1.29 is 18.7 Å². The first-order valence-electron chi connectivity index (χ1n) is 14.1. The van der Waals surface area contributed by atoms with Crippen LogP contribution < -0.4 is 4.90 Å². The number of aromatic nitrogens is 5. The standard InChI is InChI=1S/C28H33FN8O3/c1-2-36-22(17-34-9-6-18(7-10-34)37-13-16-40-28(37)38)31-24-26(35-11-14-39-15-12-35)32-25(33-27(24)36)23-19-5-8-30-21(19)4-3-20(23)29/h3-5,8,18,30H,2,6-7,9-17H2,1H3. The van der Waals surface area contributed by atoms with E-state index in [1.165, 1.54) is 6.07 Å². The van der Waals surface area contributed by atoms with Crippen molar-refractivity contribution in [1.29, 1.82) is 0 Å².